The predicted molar refractivity (Wildman–Crippen MR) is 90.9 cm³/mol. The quantitative estimate of drug-likeness (QED) is 0.784. The first-order valence-electron chi connectivity index (χ1n) is 7.45. The van der Waals surface area contributed by atoms with Gasteiger partial charge in [-0.05, 0) is 56.2 Å². The highest BCUT2D eigenvalue weighted by Gasteiger charge is 2.21. The lowest BCUT2D eigenvalue weighted by molar-refractivity contribution is 0.484. The fourth-order valence-electron chi connectivity index (χ4n) is 2.46. The maximum absolute atomic E-state index is 12.5. The zero-order chi connectivity index (χ0) is 16.6. The summed E-state index contributed by atoms with van der Waals surface area (Å²) in [5.74, 6) is 0.596. The van der Waals surface area contributed by atoms with Crippen LogP contribution < -0.4 is 4.72 Å². The number of para-hydroxylation sites is 1. The van der Waals surface area contributed by atoms with Gasteiger partial charge in [0, 0.05) is 5.39 Å². The monoisotopic (exact) mass is 329 g/mol. The summed E-state index contributed by atoms with van der Waals surface area (Å²) in [5.41, 5.74) is 2.76. The van der Waals surface area contributed by atoms with Crippen molar-refractivity contribution in [2.75, 3.05) is 0 Å². The van der Waals surface area contributed by atoms with Crippen molar-refractivity contribution in [3.05, 3.63) is 65.4 Å². The number of rotatable bonds is 4. The number of hydrogen-bond donors (Lipinski definition) is 1. The third-order valence-electron chi connectivity index (χ3n) is 3.99. The van der Waals surface area contributed by atoms with Crippen molar-refractivity contribution in [1.29, 1.82) is 0 Å². The van der Waals surface area contributed by atoms with Gasteiger partial charge < -0.3 is 4.42 Å². The first-order chi connectivity index (χ1) is 10.9. The number of sulfonamides is 1. The molecule has 2 aromatic carbocycles. The van der Waals surface area contributed by atoms with Crippen molar-refractivity contribution in [3.63, 3.8) is 0 Å². The van der Waals surface area contributed by atoms with E-state index in [0.29, 0.717) is 5.76 Å². The zero-order valence-electron chi connectivity index (χ0n) is 13.3. The maximum atomic E-state index is 12.5. The molecule has 3 aromatic rings. The number of aryl methyl sites for hydroxylation is 2. The molecule has 1 atom stereocenters. The summed E-state index contributed by atoms with van der Waals surface area (Å²) < 4.78 is 33.5. The summed E-state index contributed by atoms with van der Waals surface area (Å²) in [5, 5.41) is 0.958. The van der Waals surface area contributed by atoms with Gasteiger partial charge in [0.2, 0.25) is 10.0 Å². The van der Waals surface area contributed by atoms with E-state index in [1.807, 2.05) is 50.2 Å². The second kappa shape index (κ2) is 5.83. The molecule has 4 nitrogen and oxygen atoms in total. The molecule has 0 unspecified atom stereocenters. The SMILES string of the molecule is Cc1ccc(S(=O)(=O)N[C@@H](C)c2cc3ccccc3o2)cc1C. The molecule has 3 rings (SSSR count). The van der Waals surface area contributed by atoms with Gasteiger partial charge in [0.1, 0.15) is 11.3 Å². The number of furan rings is 1. The average Bonchev–Trinajstić information content (AvgIpc) is 2.93. The van der Waals surface area contributed by atoms with Crippen LogP contribution in [0.1, 0.15) is 29.9 Å². The third-order valence-corrected chi connectivity index (χ3v) is 5.53. The van der Waals surface area contributed by atoms with Crippen LogP contribution in [0.15, 0.2) is 57.8 Å². The van der Waals surface area contributed by atoms with Crippen molar-refractivity contribution < 1.29 is 12.8 Å². The lowest BCUT2D eigenvalue weighted by Gasteiger charge is -2.13. The van der Waals surface area contributed by atoms with Gasteiger partial charge in [0.05, 0.1) is 10.9 Å². The Labute approximate surface area is 136 Å². The van der Waals surface area contributed by atoms with Crippen LogP contribution in [-0.4, -0.2) is 8.42 Å². The number of nitrogens with one attached hydrogen (secondary N) is 1. The summed E-state index contributed by atoms with van der Waals surface area (Å²) in [4.78, 5) is 0.267. The third kappa shape index (κ3) is 3.16. The van der Waals surface area contributed by atoms with Gasteiger partial charge in [0.25, 0.3) is 0 Å². The van der Waals surface area contributed by atoms with Gasteiger partial charge in [0.15, 0.2) is 0 Å². The van der Waals surface area contributed by atoms with E-state index in [0.717, 1.165) is 22.1 Å². The van der Waals surface area contributed by atoms with Gasteiger partial charge >= 0.3 is 0 Å². The molecule has 120 valence electrons. The van der Waals surface area contributed by atoms with Crippen LogP contribution >= 0.6 is 0 Å². The highest BCUT2D eigenvalue weighted by atomic mass is 32.2. The molecule has 1 aromatic heterocycles. The number of benzene rings is 2. The average molecular weight is 329 g/mol. The number of hydrogen-bond acceptors (Lipinski definition) is 3. The maximum Gasteiger partial charge on any atom is 0.241 e. The normalized spacial score (nSPS) is 13.3. The minimum absolute atomic E-state index is 0.267. The fourth-order valence-corrected chi connectivity index (χ4v) is 3.75. The van der Waals surface area contributed by atoms with E-state index in [4.69, 9.17) is 4.42 Å². The molecule has 0 aliphatic heterocycles. The Morgan fingerprint density at radius 2 is 1.74 bits per heavy atom. The largest absolute Gasteiger partial charge is 0.459 e. The van der Waals surface area contributed by atoms with Crippen LogP contribution in [0.3, 0.4) is 0 Å². The first-order valence-corrected chi connectivity index (χ1v) is 8.93. The van der Waals surface area contributed by atoms with Crippen LogP contribution in [0.4, 0.5) is 0 Å². The molecular formula is C18H19NO3S. The molecule has 0 amide bonds. The van der Waals surface area contributed by atoms with Crippen molar-refractivity contribution in [3.8, 4) is 0 Å². The lowest BCUT2D eigenvalue weighted by Crippen LogP contribution is -2.26. The van der Waals surface area contributed by atoms with E-state index in [-0.39, 0.29) is 4.90 Å². The molecule has 0 radical (unpaired) electrons. The van der Waals surface area contributed by atoms with Crippen molar-refractivity contribution in [2.24, 2.45) is 0 Å². The van der Waals surface area contributed by atoms with Crippen molar-refractivity contribution >= 4 is 21.0 Å². The van der Waals surface area contributed by atoms with Gasteiger partial charge in [-0.3, -0.25) is 0 Å². The van der Waals surface area contributed by atoms with Crippen molar-refractivity contribution in [2.45, 2.75) is 31.7 Å². The van der Waals surface area contributed by atoms with Crippen molar-refractivity contribution in [1.82, 2.24) is 4.72 Å². The molecule has 0 saturated heterocycles. The summed E-state index contributed by atoms with van der Waals surface area (Å²) in [6.45, 7) is 5.63. The summed E-state index contributed by atoms with van der Waals surface area (Å²) in [6, 6.07) is 14.1. The molecule has 0 saturated carbocycles. The van der Waals surface area contributed by atoms with Gasteiger partial charge in [-0.2, -0.15) is 0 Å². The molecule has 23 heavy (non-hydrogen) atoms. The summed E-state index contributed by atoms with van der Waals surface area (Å²) >= 11 is 0. The van der Waals surface area contributed by atoms with E-state index >= 15 is 0 Å². The first kappa shape index (κ1) is 15.8. The minimum atomic E-state index is -3.59. The van der Waals surface area contributed by atoms with E-state index < -0.39 is 16.1 Å². The smallest absolute Gasteiger partial charge is 0.241 e. The molecule has 1 heterocycles. The highest BCUT2D eigenvalue weighted by molar-refractivity contribution is 7.89. The Morgan fingerprint density at radius 1 is 1.00 bits per heavy atom. The van der Waals surface area contributed by atoms with Crippen LogP contribution in [0.25, 0.3) is 11.0 Å². The predicted octanol–water partition coefficient (Wildman–Crippen LogP) is 4.09. The van der Waals surface area contributed by atoms with E-state index in [1.165, 1.54) is 0 Å². The van der Waals surface area contributed by atoms with Crippen LogP contribution in [0.5, 0.6) is 0 Å². The summed E-state index contributed by atoms with van der Waals surface area (Å²) in [7, 11) is -3.59. The molecule has 1 N–H and O–H groups in total. The van der Waals surface area contributed by atoms with E-state index in [2.05, 4.69) is 4.72 Å². The zero-order valence-corrected chi connectivity index (χ0v) is 14.1. The second-order valence-corrected chi connectivity index (χ2v) is 7.49. The molecular weight excluding hydrogens is 310 g/mol. The van der Waals surface area contributed by atoms with Gasteiger partial charge in [-0.25, -0.2) is 13.1 Å². The molecule has 0 bridgehead atoms. The van der Waals surface area contributed by atoms with Crippen LogP contribution in [-0.2, 0) is 10.0 Å². The Morgan fingerprint density at radius 3 is 2.43 bits per heavy atom. The van der Waals surface area contributed by atoms with Crippen LogP contribution in [0.2, 0.25) is 0 Å². The van der Waals surface area contributed by atoms with Gasteiger partial charge in [-0.15, -0.1) is 0 Å². The lowest BCUT2D eigenvalue weighted by atomic mass is 10.1. The number of fused-ring (bicyclic) bond motifs is 1. The Kier molecular flexibility index (Phi) is 4.00. The second-order valence-electron chi connectivity index (χ2n) is 5.78. The standard InChI is InChI=1S/C18H19NO3S/c1-12-8-9-16(10-13(12)2)23(20,21)19-14(3)18-11-15-6-4-5-7-17(15)22-18/h4-11,14,19H,1-3H3/t14-/m0/s1. The Balaban J connectivity index is 1.88. The van der Waals surface area contributed by atoms with E-state index in [1.54, 1.807) is 19.1 Å². The molecule has 0 aliphatic carbocycles. The Hall–Kier alpha value is -2.11. The Bertz CT molecular complexity index is 924. The van der Waals surface area contributed by atoms with Gasteiger partial charge in [-0.1, -0.05) is 24.3 Å². The highest BCUT2D eigenvalue weighted by Crippen LogP contribution is 2.25. The molecule has 5 heteroatoms. The molecule has 0 fully saturated rings. The fraction of sp³-hybridized carbons (Fsp3) is 0.222. The summed E-state index contributed by atoms with van der Waals surface area (Å²) in [6.07, 6.45) is 0. The molecule has 0 aliphatic rings. The topological polar surface area (TPSA) is 59.3 Å². The minimum Gasteiger partial charge on any atom is -0.459 e. The van der Waals surface area contributed by atoms with Crippen LogP contribution in [0, 0.1) is 13.8 Å². The van der Waals surface area contributed by atoms with E-state index in [9.17, 15) is 8.42 Å². The molecule has 0 spiro atoms.